The van der Waals surface area contributed by atoms with Crippen molar-refractivity contribution in [1.82, 2.24) is 4.72 Å². The summed E-state index contributed by atoms with van der Waals surface area (Å²) >= 11 is 0. The number of alkyl halides is 3. The summed E-state index contributed by atoms with van der Waals surface area (Å²) in [6.45, 7) is 0. The molecule has 0 saturated heterocycles. The molecule has 9 heteroatoms. The minimum Gasteiger partial charge on any atom is -0.406 e. The highest BCUT2D eigenvalue weighted by molar-refractivity contribution is 7.89. The predicted octanol–water partition coefficient (Wildman–Crippen LogP) is 6.11. The van der Waals surface area contributed by atoms with Crippen molar-refractivity contribution in [1.29, 1.82) is 0 Å². The molecule has 3 aromatic carbocycles. The van der Waals surface area contributed by atoms with Gasteiger partial charge < -0.3 is 9.64 Å². The standard InChI is InChI=1S/C27H27F3N2O3S/c28-27(29,30)35-23-14-16-24(17-15-23)36(33,34)31-21-8-5-9-22(18-21)32-25-10-3-1-6-19(25)12-13-20-7-2-4-11-26(20)32/h1-4,6-7,10-11,14-17,21-22,31H,5,8-9,12-13,18H2/t21-,22+/m0/s1. The van der Waals surface area contributed by atoms with Gasteiger partial charge in [-0.25, -0.2) is 13.1 Å². The summed E-state index contributed by atoms with van der Waals surface area (Å²) in [4.78, 5) is 2.28. The summed E-state index contributed by atoms with van der Waals surface area (Å²) in [6.07, 6.45) is 0.169. The molecule has 0 unspecified atom stereocenters. The highest BCUT2D eigenvalue weighted by Gasteiger charge is 2.34. The van der Waals surface area contributed by atoms with Gasteiger partial charge in [-0.05, 0) is 86.1 Å². The number of fused-ring (bicyclic) bond motifs is 2. The fraction of sp³-hybridized carbons (Fsp3) is 0.333. The van der Waals surface area contributed by atoms with Gasteiger partial charge in [0.15, 0.2) is 0 Å². The third-order valence-electron chi connectivity index (χ3n) is 6.87. The summed E-state index contributed by atoms with van der Waals surface area (Å²) in [6, 6.07) is 20.9. The molecule has 1 N–H and O–H groups in total. The minimum atomic E-state index is -4.83. The average Bonchev–Trinajstić information content (AvgIpc) is 3.00. The van der Waals surface area contributed by atoms with Crippen LogP contribution in [0.25, 0.3) is 0 Å². The molecule has 1 saturated carbocycles. The van der Waals surface area contributed by atoms with E-state index < -0.39 is 22.1 Å². The zero-order valence-corrected chi connectivity index (χ0v) is 20.4. The summed E-state index contributed by atoms with van der Waals surface area (Å²) in [7, 11) is -3.91. The van der Waals surface area contributed by atoms with Crippen LogP contribution in [-0.4, -0.2) is 26.9 Å². The maximum Gasteiger partial charge on any atom is 0.573 e. The monoisotopic (exact) mass is 516 g/mol. The Hall–Kier alpha value is -3.04. The van der Waals surface area contributed by atoms with Crippen molar-refractivity contribution in [3.63, 3.8) is 0 Å². The van der Waals surface area contributed by atoms with Gasteiger partial charge in [-0.15, -0.1) is 13.2 Å². The molecule has 0 radical (unpaired) electrons. The van der Waals surface area contributed by atoms with Crippen LogP contribution in [0, 0.1) is 0 Å². The second kappa shape index (κ2) is 9.78. The zero-order valence-electron chi connectivity index (χ0n) is 19.5. The van der Waals surface area contributed by atoms with Crippen molar-refractivity contribution < 1.29 is 26.3 Å². The Kier molecular flexibility index (Phi) is 6.70. The van der Waals surface area contributed by atoms with Crippen molar-refractivity contribution in [2.24, 2.45) is 0 Å². The average molecular weight is 517 g/mol. The molecule has 0 amide bonds. The van der Waals surface area contributed by atoms with Crippen molar-refractivity contribution in [2.75, 3.05) is 4.90 Å². The summed E-state index contributed by atoms with van der Waals surface area (Å²) < 4.78 is 70.0. The predicted molar refractivity (Wildman–Crippen MR) is 132 cm³/mol. The first kappa shape index (κ1) is 24.6. The first-order valence-electron chi connectivity index (χ1n) is 12.0. The van der Waals surface area contributed by atoms with Crippen LogP contribution in [0.3, 0.4) is 0 Å². The summed E-state index contributed by atoms with van der Waals surface area (Å²) in [5, 5.41) is 0. The summed E-state index contributed by atoms with van der Waals surface area (Å²) in [5.74, 6) is -0.460. The number of hydrogen-bond donors (Lipinski definition) is 1. The molecule has 2 aliphatic rings. The van der Waals surface area contributed by atoms with Gasteiger partial charge in [0.25, 0.3) is 0 Å². The van der Waals surface area contributed by atoms with Crippen LogP contribution in [0.15, 0.2) is 77.7 Å². The Bertz CT molecular complexity index is 1280. The highest BCUT2D eigenvalue weighted by atomic mass is 32.2. The van der Waals surface area contributed by atoms with Crippen LogP contribution < -0.4 is 14.4 Å². The van der Waals surface area contributed by atoms with Crippen LogP contribution in [0.2, 0.25) is 0 Å². The molecule has 1 aliphatic carbocycles. The molecular formula is C27H27F3N2O3S. The molecule has 36 heavy (non-hydrogen) atoms. The molecule has 0 aromatic heterocycles. The van der Waals surface area contributed by atoms with Crippen molar-refractivity contribution in [3.05, 3.63) is 83.9 Å². The van der Waals surface area contributed by atoms with Crippen molar-refractivity contribution in [2.45, 2.75) is 61.9 Å². The van der Waals surface area contributed by atoms with E-state index in [-0.39, 0.29) is 17.0 Å². The van der Waals surface area contributed by atoms with Crippen LogP contribution in [0.5, 0.6) is 5.75 Å². The lowest BCUT2D eigenvalue weighted by molar-refractivity contribution is -0.274. The first-order valence-corrected chi connectivity index (χ1v) is 13.5. The third kappa shape index (κ3) is 5.37. The SMILES string of the molecule is O=S(=O)(N[C@H]1CCC[C@@H](N2c3ccccc3CCc3ccccc32)C1)c1ccc(OC(F)(F)F)cc1. The Balaban J connectivity index is 1.37. The van der Waals surface area contributed by atoms with Crippen LogP contribution in [0.1, 0.15) is 36.8 Å². The number of para-hydroxylation sites is 2. The zero-order chi connectivity index (χ0) is 25.3. The van der Waals surface area contributed by atoms with Gasteiger partial charge in [-0.1, -0.05) is 36.4 Å². The van der Waals surface area contributed by atoms with E-state index in [2.05, 4.69) is 50.8 Å². The molecule has 0 spiro atoms. The van der Waals surface area contributed by atoms with E-state index in [0.29, 0.717) is 12.8 Å². The van der Waals surface area contributed by atoms with Gasteiger partial charge in [0, 0.05) is 23.5 Å². The minimum absolute atomic E-state index is 0.0930. The second-order valence-corrected chi connectivity index (χ2v) is 11.0. The molecule has 5 rings (SSSR count). The smallest absolute Gasteiger partial charge is 0.406 e. The Labute approximate surface area is 208 Å². The number of anilines is 2. The number of ether oxygens (including phenoxy) is 1. The molecule has 0 bridgehead atoms. The number of sulfonamides is 1. The maximum atomic E-state index is 13.0. The lowest BCUT2D eigenvalue weighted by Gasteiger charge is -2.40. The third-order valence-corrected chi connectivity index (χ3v) is 8.40. The Morgan fingerprint density at radius 2 is 1.42 bits per heavy atom. The lowest BCUT2D eigenvalue weighted by Crippen LogP contribution is -2.44. The van der Waals surface area contributed by atoms with E-state index >= 15 is 0 Å². The molecule has 5 nitrogen and oxygen atoms in total. The molecule has 2 atom stereocenters. The number of halogens is 3. The van der Waals surface area contributed by atoms with Gasteiger partial charge in [0.1, 0.15) is 5.75 Å². The number of nitrogens with one attached hydrogen (secondary N) is 1. The van der Waals surface area contributed by atoms with Gasteiger partial charge in [-0.2, -0.15) is 0 Å². The molecule has 1 aliphatic heterocycles. The van der Waals surface area contributed by atoms with E-state index in [9.17, 15) is 21.6 Å². The topological polar surface area (TPSA) is 58.6 Å². The largest absolute Gasteiger partial charge is 0.573 e. The number of nitrogens with zero attached hydrogens (tertiary/aromatic N) is 1. The quantitative estimate of drug-likeness (QED) is 0.445. The lowest BCUT2D eigenvalue weighted by atomic mass is 9.89. The van der Waals surface area contributed by atoms with Gasteiger partial charge in [0.2, 0.25) is 10.0 Å². The normalized spacial score (nSPS) is 20.2. The van der Waals surface area contributed by atoms with Gasteiger partial charge >= 0.3 is 6.36 Å². The maximum absolute atomic E-state index is 13.0. The van der Waals surface area contributed by atoms with E-state index in [0.717, 1.165) is 61.3 Å². The summed E-state index contributed by atoms with van der Waals surface area (Å²) in [5.41, 5.74) is 4.88. The van der Waals surface area contributed by atoms with Crippen molar-refractivity contribution in [3.8, 4) is 5.75 Å². The number of aryl methyl sites for hydroxylation is 2. The number of rotatable bonds is 5. The number of hydrogen-bond acceptors (Lipinski definition) is 4. The Morgan fingerprint density at radius 1 is 0.833 bits per heavy atom. The van der Waals surface area contributed by atoms with Gasteiger partial charge in [0.05, 0.1) is 4.90 Å². The second-order valence-electron chi connectivity index (χ2n) is 9.29. The first-order chi connectivity index (χ1) is 17.2. The molecule has 1 fully saturated rings. The highest BCUT2D eigenvalue weighted by Crippen LogP contribution is 2.41. The van der Waals surface area contributed by atoms with Crippen LogP contribution >= 0.6 is 0 Å². The Morgan fingerprint density at radius 3 is 2.00 bits per heavy atom. The van der Waals surface area contributed by atoms with E-state index in [1.165, 1.54) is 11.1 Å². The molecule has 1 heterocycles. The fourth-order valence-corrected chi connectivity index (χ4v) is 6.60. The van der Waals surface area contributed by atoms with E-state index in [4.69, 9.17) is 0 Å². The van der Waals surface area contributed by atoms with Crippen LogP contribution in [0.4, 0.5) is 24.5 Å². The number of benzene rings is 3. The fourth-order valence-electron chi connectivity index (χ4n) is 5.32. The molecule has 190 valence electrons. The van der Waals surface area contributed by atoms with E-state index in [1.54, 1.807) is 0 Å². The van der Waals surface area contributed by atoms with E-state index in [1.807, 2.05) is 12.1 Å². The molecular weight excluding hydrogens is 489 g/mol. The molecule has 3 aromatic rings. The van der Waals surface area contributed by atoms with Crippen molar-refractivity contribution >= 4 is 21.4 Å². The van der Waals surface area contributed by atoms with Crippen LogP contribution in [-0.2, 0) is 22.9 Å². The van der Waals surface area contributed by atoms with Gasteiger partial charge in [-0.3, -0.25) is 0 Å².